The number of hydrogen-bond donors (Lipinski definition) is 1. The van der Waals surface area contributed by atoms with Crippen LogP contribution < -0.4 is 5.32 Å². The van der Waals surface area contributed by atoms with Gasteiger partial charge in [0, 0.05) is 43.8 Å². The van der Waals surface area contributed by atoms with Crippen LogP contribution in [0.4, 0.5) is 0 Å². The summed E-state index contributed by atoms with van der Waals surface area (Å²) in [6.07, 6.45) is 4.96. The number of aromatic nitrogens is 2. The standard InChI is InChI=1S/C16H23N5OS/c1-17-16(18-6-5-14-4-3-9-23-14)21-7-8-22-15(12-21)13-10-19-20(2)11-13/h3-4,9-11,15H,5-8,12H2,1-2H3,(H,17,18). The molecule has 1 unspecified atom stereocenters. The first kappa shape index (κ1) is 16.0. The molecule has 6 nitrogen and oxygen atoms in total. The first-order valence-electron chi connectivity index (χ1n) is 7.84. The maximum Gasteiger partial charge on any atom is 0.193 e. The van der Waals surface area contributed by atoms with E-state index in [1.54, 1.807) is 11.3 Å². The molecule has 23 heavy (non-hydrogen) atoms. The Balaban J connectivity index is 1.55. The molecule has 2 aromatic rings. The van der Waals surface area contributed by atoms with Gasteiger partial charge >= 0.3 is 0 Å². The predicted octanol–water partition coefficient (Wildman–Crippen LogP) is 1.67. The molecule has 1 aliphatic rings. The minimum Gasteiger partial charge on any atom is -0.370 e. The average molecular weight is 333 g/mol. The van der Waals surface area contributed by atoms with Crippen molar-refractivity contribution in [1.29, 1.82) is 0 Å². The second-order valence-electron chi connectivity index (χ2n) is 5.56. The number of guanidine groups is 1. The van der Waals surface area contributed by atoms with Gasteiger partial charge in [-0.05, 0) is 17.9 Å². The summed E-state index contributed by atoms with van der Waals surface area (Å²) in [6.45, 7) is 3.24. The Hall–Kier alpha value is -1.86. The zero-order valence-corrected chi connectivity index (χ0v) is 14.4. The van der Waals surface area contributed by atoms with Crippen LogP contribution in [0, 0.1) is 0 Å². The molecule has 1 fully saturated rings. The molecule has 1 N–H and O–H groups in total. The summed E-state index contributed by atoms with van der Waals surface area (Å²) in [5.41, 5.74) is 1.12. The molecule has 1 atom stereocenters. The minimum absolute atomic E-state index is 0.0493. The molecule has 1 saturated heterocycles. The Morgan fingerprint density at radius 3 is 3.17 bits per heavy atom. The number of morpholine rings is 1. The SMILES string of the molecule is CN=C(NCCc1cccs1)N1CCOC(c2cnn(C)c2)C1. The Bertz CT molecular complexity index is 637. The second kappa shape index (κ2) is 7.61. The molecule has 0 aromatic carbocycles. The van der Waals surface area contributed by atoms with Crippen molar-refractivity contribution in [2.45, 2.75) is 12.5 Å². The van der Waals surface area contributed by atoms with E-state index < -0.39 is 0 Å². The fraction of sp³-hybridized carbons (Fsp3) is 0.500. The van der Waals surface area contributed by atoms with E-state index in [-0.39, 0.29) is 6.10 Å². The van der Waals surface area contributed by atoms with Crippen LogP contribution in [0.5, 0.6) is 0 Å². The van der Waals surface area contributed by atoms with Gasteiger partial charge in [-0.1, -0.05) is 6.07 Å². The van der Waals surface area contributed by atoms with Crippen molar-refractivity contribution < 1.29 is 4.74 Å². The highest BCUT2D eigenvalue weighted by Gasteiger charge is 2.24. The molecule has 0 bridgehead atoms. The van der Waals surface area contributed by atoms with E-state index in [1.807, 2.05) is 31.2 Å². The highest BCUT2D eigenvalue weighted by molar-refractivity contribution is 7.09. The van der Waals surface area contributed by atoms with E-state index in [1.165, 1.54) is 4.88 Å². The van der Waals surface area contributed by atoms with Crippen LogP contribution in [-0.2, 0) is 18.2 Å². The van der Waals surface area contributed by atoms with Gasteiger partial charge in [0.2, 0.25) is 0 Å². The topological polar surface area (TPSA) is 54.7 Å². The Kier molecular flexibility index (Phi) is 5.30. The van der Waals surface area contributed by atoms with Crippen molar-refractivity contribution in [2.75, 3.05) is 33.3 Å². The predicted molar refractivity (Wildman–Crippen MR) is 92.9 cm³/mol. The maximum absolute atomic E-state index is 5.89. The van der Waals surface area contributed by atoms with E-state index in [9.17, 15) is 0 Å². The lowest BCUT2D eigenvalue weighted by molar-refractivity contribution is -0.00800. The van der Waals surface area contributed by atoms with Gasteiger partial charge < -0.3 is 15.0 Å². The van der Waals surface area contributed by atoms with Gasteiger partial charge in [-0.15, -0.1) is 11.3 Å². The lowest BCUT2D eigenvalue weighted by atomic mass is 10.1. The van der Waals surface area contributed by atoms with Crippen LogP contribution in [0.1, 0.15) is 16.5 Å². The quantitative estimate of drug-likeness (QED) is 0.683. The lowest BCUT2D eigenvalue weighted by Gasteiger charge is -2.34. The molecular weight excluding hydrogens is 310 g/mol. The summed E-state index contributed by atoms with van der Waals surface area (Å²) in [4.78, 5) is 8.07. The van der Waals surface area contributed by atoms with E-state index in [2.05, 4.69) is 37.8 Å². The normalized spacial score (nSPS) is 19.1. The van der Waals surface area contributed by atoms with Crippen molar-refractivity contribution in [3.05, 3.63) is 40.3 Å². The number of nitrogens with zero attached hydrogens (tertiary/aromatic N) is 4. The van der Waals surface area contributed by atoms with Crippen LogP contribution in [0.15, 0.2) is 34.9 Å². The Morgan fingerprint density at radius 1 is 1.57 bits per heavy atom. The first-order valence-corrected chi connectivity index (χ1v) is 8.72. The molecule has 0 spiro atoms. The fourth-order valence-corrected chi connectivity index (χ4v) is 3.44. The summed E-state index contributed by atoms with van der Waals surface area (Å²) in [5.74, 6) is 0.943. The summed E-state index contributed by atoms with van der Waals surface area (Å²) in [7, 11) is 3.76. The summed E-state index contributed by atoms with van der Waals surface area (Å²) >= 11 is 1.80. The van der Waals surface area contributed by atoms with E-state index in [0.29, 0.717) is 6.61 Å². The number of aryl methyl sites for hydroxylation is 1. The van der Waals surface area contributed by atoms with Crippen molar-refractivity contribution in [3.8, 4) is 0 Å². The van der Waals surface area contributed by atoms with Gasteiger partial charge in [0.1, 0.15) is 6.10 Å². The molecule has 3 heterocycles. The van der Waals surface area contributed by atoms with E-state index in [4.69, 9.17) is 4.74 Å². The van der Waals surface area contributed by atoms with Gasteiger partial charge in [-0.3, -0.25) is 9.67 Å². The maximum atomic E-state index is 5.89. The van der Waals surface area contributed by atoms with Gasteiger partial charge in [-0.2, -0.15) is 5.10 Å². The molecular formula is C16H23N5OS. The number of nitrogens with one attached hydrogen (secondary N) is 1. The average Bonchev–Trinajstić information content (AvgIpc) is 3.23. The third-order valence-electron chi connectivity index (χ3n) is 3.91. The Labute approximate surface area is 140 Å². The monoisotopic (exact) mass is 333 g/mol. The highest BCUT2D eigenvalue weighted by atomic mass is 32.1. The minimum atomic E-state index is 0.0493. The van der Waals surface area contributed by atoms with Crippen LogP contribution in [0.3, 0.4) is 0 Å². The lowest BCUT2D eigenvalue weighted by Crippen LogP contribution is -2.48. The van der Waals surface area contributed by atoms with Crippen LogP contribution in [0.25, 0.3) is 0 Å². The fourth-order valence-electron chi connectivity index (χ4n) is 2.73. The van der Waals surface area contributed by atoms with Gasteiger partial charge in [0.05, 0.1) is 19.3 Å². The van der Waals surface area contributed by atoms with Crippen LogP contribution in [0.2, 0.25) is 0 Å². The summed E-state index contributed by atoms with van der Waals surface area (Å²) < 4.78 is 7.70. The number of hydrogen-bond acceptors (Lipinski definition) is 4. The van der Waals surface area contributed by atoms with Crippen LogP contribution >= 0.6 is 11.3 Å². The van der Waals surface area contributed by atoms with E-state index in [0.717, 1.165) is 37.6 Å². The number of aliphatic imine (C=N–C) groups is 1. The molecule has 3 rings (SSSR count). The third-order valence-corrected chi connectivity index (χ3v) is 4.85. The van der Waals surface area contributed by atoms with E-state index >= 15 is 0 Å². The molecule has 0 amide bonds. The molecule has 0 aliphatic carbocycles. The largest absolute Gasteiger partial charge is 0.370 e. The third kappa shape index (κ3) is 4.11. The van der Waals surface area contributed by atoms with Crippen molar-refractivity contribution in [2.24, 2.45) is 12.0 Å². The van der Waals surface area contributed by atoms with Gasteiger partial charge in [0.15, 0.2) is 5.96 Å². The summed E-state index contributed by atoms with van der Waals surface area (Å²) in [5, 5.41) is 9.81. The molecule has 0 radical (unpaired) electrons. The molecule has 2 aromatic heterocycles. The number of thiophene rings is 1. The van der Waals surface area contributed by atoms with Crippen molar-refractivity contribution in [1.82, 2.24) is 20.0 Å². The molecule has 0 saturated carbocycles. The molecule has 124 valence electrons. The van der Waals surface area contributed by atoms with Gasteiger partial charge in [-0.25, -0.2) is 0 Å². The zero-order valence-electron chi connectivity index (χ0n) is 13.6. The highest BCUT2D eigenvalue weighted by Crippen LogP contribution is 2.21. The first-order chi connectivity index (χ1) is 11.3. The van der Waals surface area contributed by atoms with Gasteiger partial charge in [0.25, 0.3) is 0 Å². The van der Waals surface area contributed by atoms with Crippen LogP contribution in [-0.4, -0.2) is 53.9 Å². The molecule has 1 aliphatic heterocycles. The van der Waals surface area contributed by atoms with Crippen molar-refractivity contribution in [3.63, 3.8) is 0 Å². The number of rotatable bonds is 4. The number of ether oxygens (including phenoxy) is 1. The zero-order chi connectivity index (χ0) is 16.1. The second-order valence-corrected chi connectivity index (χ2v) is 6.59. The Morgan fingerprint density at radius 2 is 2.48 bits per heavy atom. The molecule has 7 heteroatoms. The smallest absolute Gasteiger partial charge is 0.193 e. The summed E-state index contributed by atoms with van der Waals surface area (Å²) in [6, 6.07) is 4.26. The van der Waals surface area contributed by atoms with Crippen molar-refractivity contribution >= 4 is 17.3 Å².